The fraction of sp³-hybridized carbons (Fsp3) is 1.00. The fourth-order valence-electron chi connectivity index (χ4n) is 5.36. The molecule has 0 spiro atoms. The lowest BCUT2D eigenvalue weighted by Gasteiger charge is -2.46. The first-order chi connectivity index (χ1) is 9.81. The zero-order chi connectivity index (χ0) is 13.8. The van der Waals surface area contributed by atoms with Crippen LogP contribution in [0.1, 0.15) is 64.2 Å². The monoisotopic (exact) mass is 278 g/mol. The lowest BCUT2D eigenvalue weighted by Crippen LogP contribution is -2.49. The van der Waals surface area contributed by atoms with Gasteiger partial charge < -0.3 is 10.2 Å². The zero-order valence-electron chi connectivity index (χ0n) is 13.5. The first-order valence-corrected chi connectivity index (χ1v) is 9.18. The molecule has 1 aliphatic heterocycles. The molecule has 2 unspecified atom stereocenters. The van der Waals surface area contributed by atoms with Crippen LogP contribution in [0, 0.1) is 17.3 Å². The number of nitrogens with one attached hydrogen (secondary N) is 1. The van der Waals surface area contributed by atoms with Crippen molar-refractivity contribution in [1.29, 1.82) is 0 Å². The van der Waals surface area contributed by atoms with Crippen molar-refractivity contribution < 1.29 is 0 Å². The summed E-state index contributed by atoms with van der Waals surface area (Å²) in [6, 6.07) is 0. The SMILES string of the molecule is CNCC1(CN2CCC3CCCCC3C2)CCCCC1. The predicted octanol–water partition coefficient (Wildman–Crippen LogP) is 3.67. The number of hydrogen-bond acceptors (Lipinski definition) is 2. The summed E-state index contributed by atoms with van der Waals surface area (Å²) >= 11 is 0. The molecule has 3 rings (SSSR count). The number of piperidine rings is 1. The molecule has 2 heteroatoms. The molecular weight excluding hydrogens is 244 g/mol. The minimum Gasteiger partial charge on any atom is -0.319 e. The average molecular weight is 278 g/mol. The van der Waals surface area contributed by atoms with Crippen LogP contribution in [-0.2, 0) is 0 Å². The third-order valence-electron chi connectivity index (χ3n) is 6.40. The molecule has 2 aliphatic carbocycles. The van der Waals surface area contributed by atoms with E-state index >= 15 is 0 Å². The van der Waals surface area contributed by atoms with Gasteiger partial charge in [-0.15, -0.1) is 0 Å². The van der Waals surface area contributed by atoms with Crippen LogP contribution in [-0.4, -0.2) is 38.1 Å². The van der Waals surface area contributed by atoms with Gasteiger partial charge in [-0.25, -0.2) is 0 Å². The lowest BCUT2D eigenvalue weighted by molar-refractivity contribution is 0.0372. The summed E-state index contributed by atoms with van der Waals surface area (Å²) in [5.41, 5.74) is 0.592. The molecule has 1 saturated heterocycles. The topological polar surface area (TPSA) is 15.3 Å². The maximum atomic E-state index is 3.50. The van der Waals surface area contributed by atoms with E-state index in [0.29, 0.717) is 5.41 Å². The Morgan fingerprint density at radius 1 is 0.950 bits per heavy atom. The number of likely N-dealkylation sites (tertiary alicyclic amines) is 1. The molecule has 3 aliphatic rings. The van der Waals surface area contributed by atoms with Crippen molar-refractivity contribution in [2.45, 2.75) is 64.2 Å². The maximum Gasteiger partial charge on any atom is 0.00503 e. The fourth-order valence-corrected chi connectivity index (χ4v) is 5.36. The Balaban J connectivity index is 1.58. The Morgan fingerprint density at radius 3 is 2.45 bits per heavy atom. The third kappa shape index (κ3) is 3.39. The van der Waals surface area contributed by atoms with Crippen LogP contribution in [0.25, 0.3) is 0 Å². The Hall–Kier alpha value is -0.0800. The van der Waals surface area contributed by atoms with Crippen LogP contribution >= 0.6 is 0 Å². The molecule has 2 atom stereocenters. The Kier molecular flexibility index (Phi) is 5.04. The van der Waals surface area contributed by atoms with E-state index in [2.05, 4.69) is 17.3 Å². The summed E-state index contributed by atoms with van der Waals surface area (Å²) in [5, 5.41) is 3.50. The Bertz CT molecular complexity index is 290. The van der Waals surface area contributed by atoms with E-state index in [1.165, 1.54) is 90.4 Å². The minimum absolute atomic E-state index is 0.592. The molecule has 3 fully saturated rings. The average Bonchev–Trinajstić information content (AvgIpc) is 2.48. The molecule has 0 aromatic carbocycles. The van der Waals surface area contributed by atoms with Crippen LogP contribution in [0.3, 0.4) is 0 Å². The van der Waals surface area contributed by atoms with Gasteiger partial charge in [-0.05, 0) is 56.5 Å². The largest absolute Gasteiger partial charge is 0.319 e. The van der Waals surface area contributed by atoms with Crippen molar-refractivity contribution in [3.05, 3.63) is 0 Å². The Labute approximate surface area is 125 Å². The molecule has 1 N–H and O–H groups in total. The van der Waals surface area contributed by atoms with Crippen molar-refractivity contribution in [3.8, 4) is 0 Å². The highest BCUT2D eigenvalue weighted by Gasteiger charge is 2.37. The predicted molar refractivity (Wildman–Crippen MR) is 85.9 cm³/mol. The summed E-state index contributed by atoms with van der Waals surface area (Å²) < 4.78 is 0. The van der Waals surface area contributed by atoms with E-state index in [1.54, 1.807) is 0 Å². The van der Waals surface area contributed by atoms with Crippen molar-refractivity contribution in [2.24, 2.45) is 17.3 Å². The van der Waals surface area contributed by atoms with E-state index < -0.39 is 0 Å². The minimum atomic E-state index is 0.592. The van der Waals surface area contributed by atoms with Crippen LogP contribution in [0.4, 0.5) is 0 Å². The van der Waals surface area contributed by atoms with Gasteiger partial charge in [0.2, 0.25) is 0 Å². The van der Waals surface area contributed by atoms with E-state index in [4.69, 9.17) is 0 Å². The summed E-state index contributed by atoms with van der Waals surface area (Å²) in [7, 11) is 2.14. The van der Waals surface area contributed by atoms with Crippen LogP contribution in [0.5, 0.6) is 0 Å². The number of hydrogen-bond donors (Lipinski definition) is 1. The number of rotatable bonds is 4. The normalized spacial score (nSPS) is 34.6. The van der Waals surface area contributed by atoms with Gasteiger partial charge in [-0.3, -0.25) is 0 Å². The van der Waals surface area contributed by atoms with Crippen molar-refractivity contribution in [2.75, 3.05) is 33.2 Å². The molecule has 0 aromatic rings. The van der Waals surface area contributed by atoms with Gasteiger partial charge in [-0.2, -0.15) is 0 Å². The molecule has 2 nitrogen and oxygen atoms in total. The van der Waals surface area contributed by atoms with E-state index in [-0.39, 0.29) is 0 Å². The zero-order valence-corrected chi connectivity index (χ0v) is 13.5. The third-order valence-corrected chi connectivity index (χ3v) is 6.40. The van der Waals surface area contributed by atoms with Gasteiger partial charge >= 0.3 is 0 Å². The summed E-state index contributed by atoms with van der Waals surface area (Å²) in [6.07, 6.45) is 14.8. The van der Waals surface area contributed by atoms with Gasteiger partial charge in [0.25, 0.3) is 0 Å². The van der Waals surface area contributed by atoms with Gasteiger partial charge in [0.05, 0.1) is 0 Å². The standard InChI is InChI=1S/C18H34N2/c1-19-14-18(10-5-2-6-11-18)15-20-12-9-16-7-3-4-8-17(16)13-20/h16-17,19H,2-15H2,1H3. The second-order valence-corrected chi connectivity index (χ2v) is 7.92. The van der Waals surface area contributed by atoms with Crippen LogP contribution < -0.4 is 5.32 Å². The maximum absolute atomic E-state index is 3.50. The highest BCUT2D eigenvalue weighted by molar-refractivity contribution is 4.91. The second kappa shape index (κ2) is 6.79. The second-order valence-electron chi connectivity index (χ2n) is 7.92. The molecule has 20 heavy (non-hydrogen) atoms. The first kappa shape index (κ1) is 14.8. The smallest absolute Gasteiger partial charge is 0.00503 e. The summed E-state index contributed by atoms with van der Waals surface area (Å²) in [6.45, 7) is 5.40. The van der Waals surface area contributed by atoms with Crippen LogP contribution in [0.2, 0.25) is 0 Å². The van der Waals surface area contributed by atoms with Crippen molar-refractivity contribution >= 4 is 0 Å². The van der Waals surface area contributed by atoms with E-state index in [0.717, 1.165) is 11.8 Å². The van der Waals surface area contributed by atoms with Crippen molar-refractivity contribution in [1.82, 2.24) is 10.2 Å². The highest BCUT2D eigenvalue weighted by atomic mass is 15.1. The number of nitrogens with zero attached hydrogens (tertiary/aromatic N) is 1. The summed E-state index contributed by atoms with van der Waals surface area (Å²) in [5.74, 6) is 2.11. The van der Waals surface area contributed by atoms with Gasteiger partial charge in [0.1, 0.15) is 0 Å². The lowest BCUT2D eigenvalue weighted by atomic mass is 9.71. The Morgan fingerprint density at radius 2 is 1.70 bits per heavy atom. The van der Waals surface area contributed by atoms with Gasteiger partial charge in [-0.1, -0.05) is 38.5 Å². The number of fused-ring (bicyclic) bond motifs is 1. The molecule has 0 bridgehead atoms. The molecule has 116 valence electrons. The van der Waals surface area contributed by atoms with Crippen molar-refractivity contribution in [3.63, 3.8) is 0 Å². The molecule has 0 amide bonds. The van der Waals surface area contributed by atoms with Gasteiger partial charge in [0, 0.05) is 19.6 Å². The van der Waals surface area contributed by atoms with Crippen LogP contribution in [0.15, 0.2) is 0 Å². The summed E-state index contributed by atoms with van der Waals surface area (Å²) in [4.78, 5) is 2.84. The molecule has 0 aromatic heterocycles. The highest BCUT2D eigenvalue weighted by Crippen LogP contribution is 2.40. The molecular formula is C18H34N2. The van der Waals surface area contributed by atoms with E-state index in [9.17, 15) is 0 Å². The molecule has 0 radical (unpaired) electrons. The molecule has 2 saturated carbocycles. The van der Waals surface area contributed by atoms with E-state index in [1.807, 2.05) is 0 Å². The van der Waals surface area contributed by atoms with Gasteiger partial charge in [0.15, 0.2) is 0 Å². The first-order valence-electron chi connectivity index (χ1n) is 9.18. The molecule has 1 heterocycles. The quantitative estimate of drug-likeness (QED) is 0.844.